The van der Waals surface area contributed by atoms with Gasteiger partial charge in [0.2, 0.25) is 0 Å². The van der Waals surface area contributed by atoms with Crippen LogP contribution in [0.2, 0.25) is 0 Å². The molecule has 84 valence electrons. The summed E-state index contributed by atoms with van der Waals surface area (Å²) in [4.78, 5) is -0.00610. The van der Waals surface area contributed by atoms with Gasteiger partial charge in [0.15, 0.2) is 11.5 Å². The quantitative estimate of drug-likeness (QED) is 0.768. The zero-order valence-electron chi connectivity index (χ0n) is 8.36. The molecule has 15 heavy (non-hydrogen) atoms. The number of rotatable bonds is 4. The van der Waals surface area contributed by atoms with Gasteiger partial charge in [-0.1, -0.05) is 0 Å². The van der Waals surface area contributed by atoms with Gasteiger partial charge in [0.25, 0.3) is 9.05 Å². The molecule has 0 bridgehead atoms. The maximum absolute atomic E-state index is 11.1. The summed E-state index contributed by atoms with van der Waals surface area (Å²) in [5, 5.41) is 0. The van der Waals surface area contributed by atoms with E-state index in [2.05, 4.69) is 0 Å². The van der Waals surface area contributed by atoms with Crippen molar-refractivity contribution in [1.29, 1.82) is 0 Å². The molecule has 0 aliphatic rings. The molecule has 0 aliphatic heterocycles. The third kappa shape index (κ3) is 3.00. The Hall–Kier alpha value is -0.940. The predicted molar refractivity (Wildman–Crippen MR) is 57.2 cm³/mol. The third-order valence-corrected chi connectivity index (χ3v) is 3.07. The van der Waals surface area contributed by atoms with Crippen LogP contribution in [0.25, 0.3) is 0 Å². The molecule has 0 atom stereocenters. The molecular formula is C9H11ClO4S. The van der Waals surface area contributed by atoms with E-state index in [0.717, 1.165) is 0 Å². The number of benzene rings is 1. The number of hydrogen-bond donors (Lipinski definition) is 0. The summed E-state index contributed by atoms with van der Waals surface area (Å²) in [7, 11) is 2.95. The van der Waals surface area contributed by atoms with Crippen molar-refractivity contribution in [3.63, 3.8) is 0 Å². The van der Waals surface area contributed by atoms with E-state index in [4.69, 9.17) is 20.2 Å². The summed E-state index contributed by atoms with van der Waals surface area (Å²) >= 11 is 0. The average molecular weight is 251 g/mol. The van der Waals surface area contributed by atoms with Crippen molar-refractivity contribution < 1.29 is 17.9 Å². The zero-order chi connectivity index (χ0) is 11.5. The molecule has 1 aromatic carbocycles. The van der Waals surface area contributed by atoms with E-state index < -0.39 is 9.05 Å². The maximum Gasteiger partial charge on any atom is 0.261 e. The molecule has 0 saturated heterocycles. The first-order chi connectivity index (χ1) is 6.99. The highest BCUT2D eigenvalue weighted by Crippen LogP contribution is 2.30. The van der Waals surface area contributed by atoms with Crippen LogP contribution < -0.4 is 9.47 Å². The summed E-state index contributed by atoms with van der Waals surface area (Å²) in [5.41, 5.74) is 0. The highest BCUT2D eigenvalue weighted by Gasteiger charge is 2.13. The van der Waals surface area contributed by atoms with Crippen LogP contribution >= 0.6 is 10.7 Å². The molecule has 0 N–H and O–H groups in total. The smallest absolute Gasteiger partial charge is 0.261 e. The monoisotopic (exact) mass is 250 g/mol. The van der Waals surface area contributed by atoms with E-state index in [0.29, 0.717) is 18.1 Å². The standard InChI is InChI=1S/C9H11ClO4S/c1-3-14-9-6-7(15(10,11)12)4-5-8(9)13-2/h4-6H,3H2,1-2H3. The number of methoxy groups -OCH3 is 1. The summed E-state index contributed by atoms with van der Waals surface area (Å²) in [6.07, 6.45) is 0. The second-order valence-corrected chi connectivity index (χ2v) is 5.25. The molecule has 0 amide bonds. The number of hydrogen-bond acceptors (Lipinski definition) is 4. The van der Waals surface area contributed by atoms with E-state index in [1.807, 2.05) is 0 Å². The van der Waals surface area contributed by atoms with Crippen LogP contribution in [0.4, 0.5) is 0 Å². The molecule has 0 aliphatic carbocycles. The molecule has 1 aromatic rings. The van der Waals surface area contributed by atoms with Gasteiger partial charge in [-0.3, -0.25) is 0 Å². The lowest BCUT2D eigenvalue weighted by molar-refractivity contribution is 0.310. The molecule has 6 heteroatoms. The van der Waals surface area contributed by atoms with Gasteiger partial charge in [0.1, 0.15) is 0 Å². The van der Waals surface area contributed by atoms with Crippen LogP contribution in [-0.2, 0) is 9.05 Å². The van der Waals surface area contributed by atoms with Gasteiger partial charge in [0, 0.05) is 16.7 Å². The second-order valence-electron chi connectivity index (χ2n) is 2.68. The fourth-order valence-electron chi connectivity index (χ4n) is 1.08. The molecule has 0 unspecified atom stereocenters. The first-order valence-corrected chi connectivity index (χ1v) is 6.55. The Morgan fingerprint density at radius 3 is 2.47 bits per heavy atom. The molecule has 0 fully saturated rings. The maximum atomic E-state index is 11.1. The van der Waals surface area contributed by atoms with Gasteiger partial charge in [0.05, 0.1) is 18.6 Å². The van der Waals surface area contributed by atoms with Crippen LogP contribution in [-0.4, -0.2) is 22.1 Å². The highest BCUT2D eigenvalue weighted by atomic mass is 35.7. The van der Waals surface area contributed by atoms with Gasteiger partial charge in [-0.05, 0) is 19.1 Å². The van der Waals surface area contributed by atoms with E-state index in [-0.39, 0.29) is 4.90 Å². The largest absolute Gasteiger partial charge is 0.493 e. The van der Waals surface area contributed by atoms with Crippen molar-refractivity contribution in [3.05, 3.63) is 18.2 Å². The molecule has 0 spiro atoms. The van der Waals surface area contributed by atoms with Crippen molar-refractivity contribution in [3.8, 4) is 11.5 Å². The Labute approximate surface area is 93.2 Å². The Balaban J connectivity index is 3.22. The number of halogens is 1. The van der Waals surface area contributed by atoms with Crippen LogP contribution in [0.1, 0.15) is 6.92 Å². The van der Waals surface area contributed by atoms with Crippen molar-refractivity contribution >= 4 is 19.7 Å². The molecule has 4 nitrogen and oxygen atoms in total. The van der Waals surface area contributed by atoms with E-state index in [1.165, 1.54) is 25.3 Å². The zero-order valence-corrected chi connectivity index (χ0v) is 9.93. The van der Waals surface area contributed by atoms with E-state index in [1.54, 1.807) is 6.92 Å². The van der Waals surface area contributed by atoms with E-state index in [9.17, 15) is 8.42 Å². The lowest BCUT2D eigenvalue weighted by atomic mass is 10.3. The summed E-state index contributed by atoms with van der Waals surface area (Å²) in [6.45, 7) is 2.21. The minimum absolute atomic E-state index is 0.00610. The average Bonchev–Trinajstić information content (AvgIpc) is 2.17. The van der Waals surface area contributed by atoms with Crippen molar-refractivity contribution in [2.45, 2.75) is 11.8 Å². The van der Waals surface area contributed by atoms with Crippen LogP contribution in [0.3, 0.4) is 0 Å². The van der Waals surface area contributed by atoms with Gasteiger partial charge in [-0.2, -0.15) is 0 Å². The molecule has 0 radical (unpaired) electrons. The summed E-state index contributed by atoms with van der Waals surface area (Å²) < 4.78 is 32.3. The van der Waals surface area contributed by atoms with E-state index >= 15 is 0 Å². The van der Waals surface area contributed by atoms with Gasteiger partial charge in [-0.15, -0.1) is 0 Å². The molecule has 0 saturated carbocycles. The van der Waals surface area contributed by atoms with Crippen LogP contribution in [0, 0.1) is 0 Å². The second kappa shape index (κ2) is 4.72. The fourth-order valence-corrected chi connectivity index (χ4v) is 1.84. The lowest BCUT2D eigenvalue weighted by Gasteiger charge is -2.09. The SMILES string of the molecule is CCOc1cc(S(=O)(=O)Cl)ccc1OC. The molecule has 0 heterocycles. The van der Waals surface area contributed by atoms with Gasteiger partial charge < -0.3 is 9.47 Å². The Morgan fingerprint density at radius 2 is 2.00 bits per heavy atom. The minimum Gasteiger partial charge on any atom is -0.493 e. The predicted octanol–water partition coefficient (Wildman–Crippen LogP) is 2.02. The summed E-state index contributed by atoms with van der Waals surface area (Å²) in [5.74, 6) is 0.836. The van der Waals surface area contributed by atoms with Crippen LogP contribution in [0.5, 0.6) is 11.5 Å². The first kappa shape index (κ1) is 12.1. The van der Waals surface area contributed by atoms with Gasteiger partial charge >= 0.3 is 0 Å². The fraction of sp³-hybridized carbons (Fsp3) is 0.333. The van der Waals surface area contributed by atoms with Crippen LogP contribution in [0.15, 0.2) is 23.1 Å². The lowest BCUT2D eigenvalue weighted by Crippen LogP contribution is -1.98. The van der Waals surface area contributed by atoms with Crippen molar-refractivity contribution in [2.24, 2.45) is 0 Å². The minimum atomic E-state index is -3.73. The number of ether oxygens (including phenoxy) is 2. The third-order valence-electron chi connectivity index (χ3n) is 1.72. The topological polar surface area (TPSA) is 52.6 Å². The first-order valence-electron chi connectivity index (χ1n) is 4.24. The molecule has 0 aromatic heterocycles. The van der Waals surface area contributed by atoms with Crippen molar-refractivity contribution in [2.75, 3.05) is 13.7 Å². The Kier molecular flexibility index (Phi) is 3.82. The highest BCUT2D eigenvalue weighted by molar-refractivity contribution is 8.13. The normalized spacial score (nSPS) is 11.1. The molecule has 1 rings (SSSR count). The van der Waals surface area contributed by atoms with Gasteiger partial charge in [-0.25, -0.2) is 8.42 Å². The summed E-state index contributed by atoms with van der Waals surface area (Å²) in [6, 6.07) is 4.20. The Bertz CT molecular complexity index is 441. The Morgan fingerprint density at radius 1 is 1.33 bits per heavy atom. The van der Waals surface area contributed by atoms with Crippen molar-refractivity contribution in [1.82, 2.24) is 0 Å². The molecular weight excluding hydrogens is 240 g/mol.